The van der Waals surface area contributed by atoms with E-state index in [2.05, 4.69) is 0 Å². The number of carbonyl (C=O) groups excluding carboxylic acids is 1. The number of benzene rings is 1. The Kier molecular flexibility index (Phi) is 7.06. The van der Waals surface area contributed by atoms with Gasteiger partial charge in [-0.2, -0.15) is 0 Å². The Morgan fingerprint density at radius 1 is 1.28 bits per heavy atom. The highest BCUT2D eigenvalue weighted by molar-refractivity contribution is 5.75. The lowest BCUT2D eigenvalue weighted by Crippen LogP contribution is -2.33. The Hall–Kier alpha value is -1.39. The molecular formula is C14H21NO3. The molecule has 18 heavy (non-hydrogen) atoms. The first-order valence-electron chi connectivity index (χ1n) is 6.19. The zero-order chi connectivity index (χ0) is 13.2. The Bertz CT molecular complexity index is 340. The summed E-state index contributed by atoms with van der Waals surface area (Å²) in [7, 11) is 1.62. The van der Waals surface area contributed by atoms with E-state index in [1.165, 1.54) is 5.56 Å². The average molecular weight is 251 g/mol. The SMILES string of the molecule is COCCCOC(=O)C(N)CCc1ccccc1. The van der Waals surface area contributed by atoms with Crippen molar-refractivity contribution in [3.63, 3.8) is 0 Å². The Morgan fingerprint density at radius 2 is 2.00 bits per heavy atom. The summed E-state index contributed by atoms with van der Waals surface area (Å²) >= 11 is 0. The van der Waals surface area contributed by atoms with Crippen molar-refractivity contribution < 1.29 is 14.3 Å². The quantitative estimate of drug-likeness (QED) is 0.562. The molecular weight excluding hydrogens is 230 g/mol. The lowest BCUT2D eigenvalue weighted by Gasteiger charge is -2.11. The topological polar surface area (TPSA) is 61.5 Å². The maximum absolute atomic E-state index is 11.5. The second-order valence-electron chi connectivity index (χ2n) is 4.14. The van der Waals surface area contributed by atoms with E-state index < -0.39 is 6.04 Å². The van der Waals surface area contributed by atoms with Gasteiger partial charge in [-0.25, -0.2) is 0 Å². The van der Waals surface area contributed by atoms with Crippen LogP contribution in [0.4, 0.5) is 0 Å². The predicted octanol–water partition coefficient (Wildman–Crippen LogP) is 1.53. The molecule has 1 aromatic rings. The summed E-state index contributed by atoms with van der Waals surface area (Å²) in [5.74, 6) is -0.331. The van der Waals surface area contributed by atoms with E-state index in [1.807, 2.05) is 30.3 Å². The molecule has 4 nitrogen and oxygen atoms in total. The van der Waals surface area contributed by atoms with Crippen LogP contribution in [0.25, 0.3) is 0 Å². The smallest absolute Gasteiger partial charge is 0.322 e. The highest BCUT2D eigenvalue weighted by Crippen LogP contribution is 2.05. The summed E-state index contributed by atoms with van der Waals surface area (Å²) in [6.45, 7) is 0.957. The van der Waals surface area contributed by atoms with E-state index in [1.54, 1.807) is 7.11 Å². The second-order valence-corrected chi connectivity index (χ2v) is 4.14. The molecule has 0 heterocycles. The monoisotopic (exact) mass is 251 g/mol. The predicted molar refractivity (Wildman–Crippen MR) is 70.2 cm³/mol. The molecule has 1 aromatic carbocycles. The van der Waals surface area contributed by atoms with Crippen LogP contribution in [0.5, 0.6) is 0 Å². The van der Waals surface area contributed by atoms with E-state index in [0.717, 1.165) is 6.42 Å². The van der Waals surface area contributed by atoms with Crippen molar-refractivity contribution in [3.05, 3.63) is 35.9 Å². The molecule has 0 saturated carbocycles. The van der Waals surface area contributed by atoms with Gasteiger partial charge < -0.3 is 15.2 Å². The van der Waals surface area contributed by atoms with Crippen LogP contribution in [0.3, 0.4) is 0 Å². The minimum Gasteiger partial charge on any atom is -0.464 e. The van der Waals surface area contributed by atoms with Gasteiger partial charge in [0.1, 0.15) is 6.04 Å². The first-order chi connectivity index (χ1) is 8.74. The van der Waals surface area contributed by atoms with Crippen LogP contribution in [0, 0.1) is 0 Å². The largest absolute Gasteiger partial charge is 0.464 e. The maximum Gasteiger partial charge on any atom is 0.322 e. The zero-order valence-corrected chi connectivity index (χ0v) is 10.8. The van der Waals surface area contributed by atoms with Crippen molar-refractivity contribution in [3.8, 4) is 0 Å². The lowest BCUT2D eigenvalue weighted by molar-refractivity contribution is -0.145. The molecule has 0 saturated heterocycles. The van der Waals surface area contributed by atoms with Gasteiger partial charge in [-0.15, -0.1) is 0 Å². The molecule has 0 radical (unpaired) electrons. The Labute approximate surface area is 108 Å². The molecule has 0 aliphatic heterocycles. The number of rotatable bonds is 8. The Balaban J connectivity index is 2.19. The molecule has 4 heteroatoms. The first kappa shape index (κ1) is 14.7. The van der Waals surface area contributed by atoms with Gasteiger partial charge in [0.25, 0.3) is 0 Å². The zero-order valence-electron chi connectivity index (χ0n) is 10.8. The Morgan fingerprint density at radius 3 is 2.67 bits per heavy atom. The van der Waals surface area contributed by atoms with E-state index in [9.17, 15) is 4.79 Å². The van der Waals surface area contributed by atoms with Crippen LogP contribution in [0.15, 0.2) is 30.3 Å². The van der Waals surface area contributed by atoms with E-state index in [0.29, 0.717) is 26.1 Å². The van der Waals surface area contributed by atoms with E-state index in [-0.39, 0.29) is 5.97 Å². The van der Waals surface area contributed by atoms with Crippen molar-refractivity contribution >= 4 is 5.97 Å². The fourth-order valence-electron chi connectivity index (χ4n) is 1.57. The van der Waals surface area contributed by atoms with Crippen LogP contribution in [-0.4, -0.2) is 32.3 Å². The molecule has 0 amide bonds. The van der Waals surface area contributed by atoms with Crippen LogP contribution < -0.4 is 5.73 Å². The van der Waals surface area contributed by atoms with Gasteiger partial charge in [0.15, 0.2) is 0 Å². The third-order valence-electron chi connectivity index (χ3n) is 2.63. The summed E-state index contributed by atoms with van der Waals surface area (Å²) in [5.41, 5.74) is 6.95. The number of aryl methyl sites for hydroxylation is 1. The fourth-order valence-corrected chi connectivity index (χ4v) is 1.57. The summed E-state index contributed by atoms with van der Waals surface area (Å²) in [6.07, 6.45) is 2.09. The number of esters is 1. The van der Waals surface area contributed by atoms with Crippen molar-refractivity contribution in [2.75, 3.05) is 20.3 Å². The van der Waals surface area contributed by atoms with Gasteiger partial charge in [0.05, 0.1) is 6.61 Å². The molecule has 0 aliphatic rings. The fraction of sp³-hybridized carbons (Fsp3) is 0.500. The molecule has 100 valence electrons. The summed E-state index contributed by atoms with van der Waals surface area (Å²) in [4.78, 5) is 11.5. The summed E-state index contributed by atoms with van der Waals surface area (Å²) in [5, 5.41) is 0. The van der Waals surface area contributed by atoms with Crippen LogP contribution in [-0.2, 0) is 20.7 Å². The van der Waals surface area contributed by atoms with Crippen LogP contribution >= 0.6 is 0 Å². The normalized spacial score (nSPS) is 12.1. The van der Waals surface area contributed by atoms with Crippen molar-refractivity contribution in [2.45, 2.75) is 25.3 Å². The minimum atomic E-state index is -0.548. The van der Waals surface area contributed by atoms with Crippen LogP contribution in [0.2, 0.25) is 0 Å². The first-order valence-corrected chi connectivity index (χ1v) is 6.19. The number of hydrogen-bond acceptors (Lipinski definition) is 4. The highest BCUT2D eigenvalue weighted by Gasteiger charge is 2.14. The number of hydrogen-bond donors (Lipinski definition) is 1. The molecule has 0 bridgehead atoms. The molecule has 0 fully saturated rings. The maximum atomic E-state index is 11.5. The van der Waals surface area contributed by atoms with Crippen molar-refractivity contribution in [1.29, 1.82) is 0 Å². The van der Waals surface area contributed by atoms with Gasteiger partial charge >= 0.3 is 5.97 Å². The van der Waals surface area contributed by atoms with Crippen molar-refractivity contribution in [1.82, 2.24) is 0 Å². The molecule has 1 atom stereocenters. The van der Waals surface area contributed by atoms with E-state index in [4.69, 9.17) is 15.2 Å². The number of methoxy groups -OCH3 is 1. The molecule has 0 spiro atoms. The average Bonchev–Trinajstić information content (AvgIpc) is 2.42. The third-order valence-corrected chi connectivity index (χ3v) is 2.63. The molecule has 2 N–H and O–H groups in total. The van der Waals surface area contributed by atoms with Gasteiger partial charge in [-0.1, -0.05) is 30.3 Å². The van der Waals surface area contributed by atoms with Gasteiger partial charge in [-0.3, -0.25) is 4.79 Å². The molecule has 0 aromatic heterocycles. The van der Waals surface area contributed by atoms with Gasteiger partial charge in [0.2, 0.25) is 0 Å². The van der Waals surface area contributed by atoms with Crippen LogP contribution in [0.1, 0.15) is 18.4 Å². The molecule has 0 aliphatic carbocycles. The van der Waals surface area contributed by atoms with Gasteiger partial charge in [-0.05, 0) is 18.4 Å². The van der Waals surface area contributed by atoms with E-state index >= 15 is 0 Å². The number of ether oxygens (including phenoxy) is 2. The lowest BCUT2D eigenvalue weighted by atomic mass is 10.1. The minimum absolute atomic E-state index is 0.331. The highest BCUT2D eigenvalue weighted by atomic mass is 16.5. The summed E-state index contributed by atoms with van der Waals surface area (Å²) < 4.78 is 9.92. The number of nitrogens with two attached hydrogens (primary N) is 1. The molecule has 1 unspecified atom stereocenters. The van der Waals surface area contributed by atoms with Gasteiger partial charge in [0, 0.05) is 20.1 Å². The summed E-state index contributed by atoms with van der Waals surface area (Å²) in [6, 6.07) is 9.42. The standard InChI is InChI=1S/C14H21NO3/c1-17-10-5-11-18-14(16)13(15)9-8-12-6-3-2-4-7-12/h2-4,6-7,13H,5,8-11,15H2,1H3. The number of carbonyl (C=O) groups is 1. The van der Waals surface area contributed by atoms with Crippen molar-refractivity contribution in [2.24, 2.45) is 5.73 Å². The second kappa shape index (κ2) is 8.66. The molecule has 1 rings (SSSR count). The third kappa shape index (κ3) is 5.80.